The van der Waals surface area contributed by atoms with E-state index in [4.69, 9.17) is 4.42 Å². The number of anilines is 1. The molecule has 6 rings (SSSR count). The molecule has 1 saturated carbocycles. The van der Waals surface area contributed by atoms with Crippen molar-refractivity contribution < 1.29 is 14.0 Å². The number of benzene rings is 3. The maximum absolute atomic E-state index is 13.2. The molecule has 6 heteroatoms. The zero-order chi connectivity index (χ0) is 24.9. The number of fused-ring (bicyclic) bond motifs is 3. The van der Waals surface area contributed by atoms with E-state index in [1.165, 1.54) is 0 Å². The molecule has 3 aromatic carbocycles. The summed E-state index contributed by atoms with van der Waals surface area (Å²) < 4.78 is 6.90. The fraction of sp³-hybridized carbons (Fsp3) is 0.333. The van der Waals surface area contributed by atoms with E-state index in [0.717, 1.165) is 88.4 Å². The van der Waals surface area contributed by atoms with Crippen LogP contribution in [0.1, 0.15) is 48.0 Å². The van der Waals surface area contributed by atoms with Gasteiger partial charge in [-0.15, -0.1) is 0 Å². The summed E-state index contributed by atoms with van der Waals surface area (Å²) in [5.74, 6) is 0.227. The van der Waals surface area contributed by atoms with Gasteiger partial charge < -0.3 is 14.6 Å². The van der Waals surface area contributed by atoms with Crippen molar-refractivity contribution in [3.63, 3.8) is 0 Å². The summed E-state index contributed by atoms with van der Waals surface area (Å²) in [6, 6.07) is 19.7. The number of piperidine rings is 1. The molecular formula is C30H29BrN2O3. The van der Waals surface area contributed by atoms with E-state index in [-0.39, 0.29) is 23.1 Å². The van der Waals surface area contributed by atoms with Gasteiger partial charge in [0.25, 0.3) is 5.91 Å². The molecule has 2 fully saturated rings. The predicted octanol–water partition coefficient (Wildman–Crippen LogP) is 7.32. The first kappa shape index (κ1) is 23.3. The van der Waals surface area contributed by atoms with E-state index in [2.05, 4.69) is 21.2 Å². The largest absolute Gasteiger partial charge is 0.456 e. The van der Waals surface area contributed by atoms with Gasteiger partial charge in [-0.3, -0.25) is 9.59 Å². The van der Waals surface area contributed by atoms with Crippen LogP contribution < -0.4 is 5.32 Å². The van der Waals surface area contributed by atoms with Crippen molar-refractivity contribution in [3.05, 3.63) is 76.3 Å². The average Bonchev–Trinajstić information content (AvgIpc) is 3.46. The molecule has 0 bridgehead atoms. The molecule has 2 amide bonds. The highest BCUT2D eigenvalue weighted by Gasteiger charge is 2.44. The summed E-state index contributed by atoms with van der Waals surface area (Å²) in [5.41, 5.74) is 4.43. The second-order valence-electron chi connectivity index (χ2n) is 10.5. The lowest BCUT2D eigenvalue weighted by atomic mass is 9.76. The number of nitrogens with zero attached hydrogens (tertiary/aromatic N) is 1. The number of para-hydroxylation sites is 1. The number of amides is 2. The normalized spacial score (nSPS) is 19.3. The molecule has 1 unspecified atom stereocenters. The lowest BCUT2D eigenvalue weighted by molar-refractivity contribution is -0.120. The molecule has 2 heterocycles. The average molecular weight is 545 g/mol. The molecular weight excluding hydrogens is 516 g/mol. The SMILES string of the molecule is Cc1cc(Br)ccc1C(=O)N1CCC2(CCC(C(=O)Nc3ccc4oc5ccccc5c4c3)C2)CC1. The molecule has 2 aliphatic rings. The van der Waals surface area contributed by atoms with Crippen molar-refractivity contribution in [2.24, 2.45) is 11.3 Å². The summed E-state index contributed by atoms with van der Waals surface area (Å²) in [6.07, 6.45) is 4.78. The van der Waals surface area contributed by atoms with Crippen LogP contribution >= 0.6 is 15.9 Å². The lowest BCUT2D eigenvalue weighted by Gasteiger charge is -2.39. The predicted molar refractivity (Wildman–Crippen MR) is 146 cm³/mol. The molecule has 0 radical (unpaired) electrons. The van der Waals surface area contributed by atoms with Crippen LogP contribution in [0, 0.1) is 18.3 Å². The van der Waals surface area contributed by atoms with Crippen LogP contribution in [-0.2, 0) is 4.79 Å². The summed E-state index contributed by atoms with van der Waals surface area (Å²) in [5, 5.41) is 5.24. The van der Waals surface area contributed by atoms with Gasteiger partial charge in [0, 0.05) is 45.5 Å². The Morgan fingerprint density at radius 2 is 1.75 bits per heavy atom. The number of likely N-dealkylation sites (tertiary alicyclic amines) is 1. The monoisotopic (exact) mass is 544 g/mol. The van der Waals surface area contributed by atoms with E-state index < -0.39 is 0 Å². The van der Waals surface area contributed by atoms with Gasteiger partial charge in [0.2, 0.25) is 5.91 Å². The van der Waals surface area contributed by atoms with Crippen molar-refractivity contribution in [3.8, 4) is 0 Å². The van der Waals surface area contributed by atoms with E-state index in [1.807, 2.05) is 72.5 Å². The van der Waals surface area contributed by atoms with E-state index in [9.17, 15) is 9.59 Å². The molecule has 4 aromatic rings. The maximum Gasteiger partial charge on any atom is 0.254 e. The first-order valence-corrected chi connectivity index (χ1v) is 13.5. The Kier molecular flexibility index (Phi) is 5.87. The molecule has 36 heavy (non-hydrogen) atoms. The van der Waals surface area contributed by atoms with E-state index in [0.29, 0.717) is 0 Å². The Morgan fingerprint density at radius 3 is 2.56 bits per heavy atom. The lowest BCUT2D eigenvalue weighted by Crippen LogP contribution is -2.42. The topological polar surface area (TPSA) is 62.6 Å². The standard InChI is InChI=1S/C30H29BrN2O3/c1-19-16-21(31)6-8-23(19)29(35)33-14-12-30(13-15-33)11-10-20(18-30)28(34)32-22-7-9-27-25(17-22)24-4-2-3-5-26(24)36-27/h2-9,16-17,20H,10-15,18H2,1H3,(H,32,34). The highest BCUT2D eigenvalue weighted by Crippen LogP contribution is 2.49. The van der Waals surface area contributed by atoms with Crippen LogP contribution in [-0.4, -0.2) is 29.8 Å². The number of nitrogens with one attached hydrogen (secondary N) is 1. The van der Waals surface area contributed by atoms with Crippen molar-refractivity contribution in [2.75, 3.05) is 18.4 Å². The molecule has 1 aliphatic carbocycles. The minimum absolute atomic E-state index is 0.0118. The molecule has 1 aliphatic heterocycles. The number of hydrogen-bond donors (Lipinski definition) is 1. The highest BCUT2D eigenvalue weighted by atomic mass is 79.9. The third kappa shape index (κ3) is 4.21. The van der Waals surface area contributed by atoms with Crippen molar-refractivity contribution in [2.45, 2.75) is 39.0 Å². The second kappa shape index (κ2) is 9.07. The van der Waals surface area contributed by atoms with Gasteiger partial charge in [0.05, 0.1) is 0 Å². The first-order valence-electron chi connectivity index (χ1n) is 12.7. The Hall–Kier alpha value is -3.12. The Morgan fingerprint density at radius 1 is 0.972 bits per heavy atom. The first-order chi connectivity index (χ1) is 17.4. The molecule has 1 spiro atoms. The van der Waals surface area contributed by atoms with Crippen LogP contribution in [0.4, 0.5) is 5.69 Å². The van der Waals surface area contributed by atoms with Crippen LogP contribution in [0.15, 0.2) is 69.6 Å². The summed E-state index contributed by atoms with van der Waals surface area (Å²) in [7, 11) is 0. The number of carbonyl (C=O) groups is 2. The summed E-state index contributed by atoms with van der Waals surface area (Å²) in [6.45, 7) is 3.50. The van der Waals surface area contributed by atoms with E-state index in [1.54, 1.807) is 0 Å². The molecule has 1 saturated heterocycles. The van der Waals surface area contributed by atoms with Gasteiger partial charge >= 0.3 is 0 Å². The summed E-state index contributed by atoms with van der Waals surface area (Å²) in [4.78, 5) is 28.3. The Bertz CT molecular complexity index is 1480. The van der Waals surface area contributed by atoms with Crippen molar-refractivity contribution in [1.82, 2.24) is 4.90 Å². The molecule has 5 nitrogen and oxygen atoms in total. The van der Waals surface area contributed by atoms with Gasteiger partial charge in [-0.05, 0) is 92.5 Å². The van der Waals surface area contributed by atoms with Crippen LogP contribution in [0.5, 0.6) is 0 Å². The van der Waals surface area contributed by atoms with Crippen molar-refractivity contribution >= 4 is 55.4 Å². The number of carbonyl (C=O) groups excluding carboxylic acids is 2. The van der Waals surface area contributed by atoms with Gasteiger partial charge in [0.1, 0.15) is 11.2 Å². The minimum Gasteiger partial charge on any atom is -0.456 e. The van der Waals surface area contributed by atoms with Gasteiger partial charge in [-0.25, -0.2) is 0 Å². The van der Waals surface area contributed by atoms with Crippen LogP contribution in [0.2, 0.25) is 0 Å². The number of furan rings is 1. The highest BCUT2D eigenvalue weighted by molar-refractivity contribution is 9.10. The van der Waals surface area contributed by atoms with Gasteiger partial charge in [-0.2, -0.15) is 0 Å². The second-order valence-corrected chi connectivity index (χ2v) is 11.4. The van der Waals surface area contributed by atoms with Crippen LogP contribution in [0.3, 0.4) is 0 Å². The quantitative estimate of drug-likeness (QED) is 0.294. The molecule has 1 atom stereocenters. The smallest absolute Gasteiger partial charge is 0.254 e. The van der Waals surface area contributed by atoms with Crippen LogP contribution in [0.25, 0.3) is 21.9 Å². The Labute approximate surface area is 219 Å². The van der Waals surface area contributed by atoms with Gasteiger partial charge in [0.15, 0.2) is 0 Å². The third-order valence-corrected chi connectivity index (χ3v) is 8.74. The van der Waals surface area contributed by atoms with Crippen molar-refractivity contribution in [1.29, 1.82) is 0 Å². The Balaban J connectivity index is 1.09. The molecule has 184 valence electrons. The van der Waals surface area contributed by atoms with Gasteiger partial charge in [-0.1, -0.05) is 34.1 Å². The number of halogens is 1. The fourth-order valence-electron chi connectivity index (χ4n) is 6.15. The van der Waals surface area contributed by atoms with E-state index >= 15 is 0 Å². The maximum atomic E-state index is 13.2. The fourth-order valence-corrected chi connectivity index (χ4v) is 6.63. The minimum atomic E-state index is 0.0118. The number of rotatable bonds is 3. The molecule has 1 aromatic heterocycles. The zero-order valence-electron chi connectivity index (χ0n) is 20.4. The zero-order valence-corrected chi connectivity index (χ0v) is 21.9. The summed E-state index contributed by atoms with van der Waals surface area (Å²) >= 11 is 3.48. The number of hydrogen-bond acceptors (Lipinski definition) is 3. The number of aryl methyl sites for hydroxylation is 1. The third-order valence-electron chi connectivity index (χ3n) is 8.25. The molecule has 1 N–H and O–H groups in total.